The molecule has 104 valence electrons. The summed E-state index contributed by atoms with van der Waals surface area (Å²) < 4.78 is 24.9. The SMILES string of the molecule is O=C(CCN1CCCCS1(=O)=O)Nc1ccccc1. The zero-order chi connectivity index (χ0) is 13.7. The third kappa shape index (κ3) is 4.04. The average molecular weight is 282 g/mol. The Labute approximate surface area is 113 Å². The molecule has 1 aromatic carbocycles. The molecule has 1 N–H and O–H groups in total. The van der Waals surface area contributed by atoms with Gasteiger partial charge >= 0.3 is 0 Å². The Morgan fingerprint density at radius 2 is 1.95 bits per heavy atom. The molecule has 0 aliphatic carbocycles. The minimum atomic E-state index is -3.14. The van der Waals surface area contributed by atoms with Gasteiger partial charge in [0.2, 0.25) is 15.9 Å². The molecular formula is C13H18N2O3S. The Hall–Kier alpha value is -1.40. The van der Waals surface area contributed by atoms with Gasteiger partial charge in [0.1, 0.15) is 0 Å². The van der Waals surface area contributed by atoms with E-state index in [0.717, 1.165) is 18.5 Å². The van der Waals surface area contributed by atoms with Crippen LogP contribution in [-0.2, 0) is 14.8 Å². The van der Waals surface area contributed by atoms with Crippen molar-refractivity contribution < 1.29 is 13.2 Å². The lowest BCUT2D eigenvalue weighted by atomic mass is 10.3. The molecule has 0 saturated carbocycles. The van der Waals surface area contributed by atoms with Crippen LogP contribution >= 0.6 is 0 Å². The van der Waals surface area contributed by atoms with Crippen LogP contribution in [0.3, 0.4) is 0 Å². The van der Waals surface area contributed by atoms with Crippen molar-refractivity contribution in [2.24, 2.45) is 0 Å². The Kier molecular flexibility index (Phi) is 4.55. The Balaban J connectivity index is 1.83. The highest BCUT2D eigenvalue weighted by Crippen LogP contribution is 2.14. The zero-order valence-corrected chi connectivity index (χ0v) is 11.5. The van der Waals surface area contributed by atoms with E-state index in [0.29, 0.717) is 6.54 Å². The van der Waals surface area contributed by atoms with Crippen molar-refractivity contribution >= 4 is 21.6 Å². The number of anilines is 1. The van der Waals surface area contributed by atoms with Gasteiger partial charge in [0.05, 0.1) is 5.75 Å². The van der Waals surface area contributed by atoms with Crippen LogP contribution in [-0.4, -0.2) is 37.5 Å². The van der Waals surface area contributed by atoms with Gasteiger partial charge in [-0.2, -0.15) is 0 Å². The molecule has 1 heterocycles. The van der Waals surface area contributed by atoms with E-state index in [9.17, 15) is 13.2 Å². The first-order valence-electron chi connectivity index (χ1n) is 6.41. The monoisotopic (exact) mass is 282 g/mol. The van der Waals surface area contributed by atoms with Crippen LogP contribution in [0.25, 0.3) is 0 Å². The van der Waals surface area contributed by atoms with Crippen molar-refractivity contribution in [3.05, 3.63) is 30.3 Å². The predicted molar refractivity (Wildman–Crippen MR) is 74.3 cm³/mol. The van der Waals surface area contributed by atoms with Gasteiger partial charge in [0.15, 0.2) is 0 Å². The maximum atomic E-state index is 11.7. The highest BCUT2D eigenvalue weighted by atomic mass is 32.2. The van der Waals surface area contributed by atoms with Gasteiger partial charge in [-0.05, 0) is 25.0 Å². The Morgan fingerprint density at radius 3 is 2.63 bits per heavy atom. The fraction of sp³-hybridized carbons (Fsp3) is 0.462. The number of carbonyl (C=O) groups is 1. The summed E-state index contributed by atoms with van der Waals surface area (Å²) in [6.07, 6.45) is 1.78. The number of hydrogen-bond donors (Lipinski definition) is 1. The second-order valence-corrected chi connectivity index (χ2v) is 6.67. The van der Waals surface area contributed by atoms with E-state index in [4.69, 9.17) is 0 Å². The third-order valence-corrected chi connectivity index (χ3v) is 5.06. The van der Waals surface area contributed by atoms with Crippen LogP contribution in [0.5, 0.6) is 0 Å². The fourth-order valence-corrected chi connectivity index (χ4v) is 3.67. The van der Waals surface area contributed by atoms with Gasteiger partial charge in [-0.25, -0.2) is 12.7 Å². The molecule has 2 rings (SSSR count). The molecule has 0 spiro atoms. The lowest BCUT2D eigenvalue weighted by Crippen LogP contribution is -2.39. The van der Waals surface area contributed by atoms with Crippen molar-refractivity contribution in [1.82, 2.24) is 4.31 Å². The first kappa shape index (κ1) is 14.0. The normalized spacial score (nSPS) is 18.9. The van der Waals surface area contributed by atoms with Gasteiger partial charge in [-0.1, -0.05) is 18.2 Å². The fourth-order valence-electron chi connectivity index (χ4n) is 2.06. The van der Waals surface area contributed by atoms with Gasteiger partial charge < -0.3 is 5.32 Å². The summed E-state index contributed by atoms with van der Waals surface area (Å²) in [5.41, 5.74) is 0.731. The minimum Gasteiger partial charge on any atom is -0.326 e. The molecule has 1 amide bonds. The molecule has 1 saturated heterocycles. The molecular weight excluding hydrogens is 264 g/mol. The number of hydrogen-bond acceptors (Lipinski definition) is 3. The topological polar surface area (TPSA) is 66.5 Å². The van der Waals surface area contributed by atoms with E-state index in [-0.39, 0.29) is 24.6 Å². The average Bonchev–Trinajstić information content (AvgIpc) is 2.38. The number of nitrogens with zero attached hydrogens (tertiary/aromatic N) is 1. The molecule has 0 radical (unpaired) electrons. The van der Waals surface area contributed by atoms with Gasteiger partial charge in [0.25, 0.3) is 0 Å². The molecule has 1 aromatic rings. The van der Waals surface area contributed by atoms with Crippen LogP contribution in [0, 0.1) is 0 Å². The second-order valence-electron chi connectivity index (χ2n) is 4.59. The van der Waals surface area contributed by atoms with Crippen molar-refractivity contribution in [3.63, 3.8) is 0 Å². The molecule has 0 bridgehead atoms. The number of benzene rings is 1. The lowest BCUT2D eigenvalue weighted by molar-refractivity contribution is -0.116. The molecule has 1 fully saturated rings. The third-order valence-electron chi connectivity index (χ3n) is 3.10. The maximum Gasteiger partial charge on any atom is 0.225 e. The predicted octanol–water partition coefficient (Wildman–Crippen LogP) is 1.44. The molecule has 0 unspecified atom stereocenters. The van der Waals surface area contributed by atoms with Crippen molar-refractivity contribution in [2.75, 3.05) is 24.2 Å². The summed E-state index contributed by atoms with van der Waals surface area (Å²) >= 11 is 0. The minimum absolute atomic E-state index is 0.160. The van der Waals surface area contributed by atoms with Gasteiger partial charge in [-0.3, -0.25) is 4.79 Å². The van der Waals surface area contributed by atoms with E-state index in [1.165, 1.54) is 4.31 Å². The largest absolute Gasteiger partial charge is 0.326 e. The van der Waals surface area contributed by atoms with E-state index in [2.05, 4.69) is 5.32 Å². The summed E-state index contributed by atoms with van der Waals surface area (Å²) in [6, 6.07) is 9.15. The van der Waals surface area contributed by atoms with Crippen LogP contribution < -0.4 is 5.32 Å². The Bertz CT molecular complexity index is 528. The maximum absolute atomic E-state index is 11.7. The summed E-state index contributed by atoms with van der Waals surface area (Å²) in [6.45, 7) is 0.794. The Morgan fingerprint density at radius 1 is 1.21 bits per heavy atom. The molecule has 6 heteroatoms. The van der Waals surface area contributed by atoms with Crippen LogP contribution in [0.4, 0.5) is 5.69 Å². The summed E-state index contributed by atoms with van der Waals surface area (Å²) in [7, 11) is -3.14. The number of para-hydroxylation sites is 1. The molecule has 19 heavy (non-hydrogen) atoms. The van der Waals surface area contributed by atoms with E-state index < -0.39 is 10.0 Å². The van der Waals surface area contributed by atoms with Crippen molar-refractivity contribution in [1.29, 1.82) is 0 Å². The number of amides is 1. The van der Waals surface area contributed by atoms with E-state index in [1.807, 2.05) is 18.2 Å². The summed E-state index contributed by atoms with van der Waals surface area (Å²) in [4.78, 5) is 11.7. The first-order chi connectivity index (χ1) is 9.08. The number of carbonyl (C=O) groups excluding carboxylic acids is 1. The highest BCUT2D eigenvalue weighted by Gasteiger charge is 2.25. The number of sulfonamides is 1. The van der Waals surface area contributed by atoms with Gasteiger partial charge in [-0.15, -0.1) is 0 Å². The molecule has 0 atom stereocenters. The summed E-state index contributed by atoms with van der Waals surface area (Å²) in [5, 5.41) is 2.75. The van der Waals surface area contributed by atoms with Crippen molar-refractivity contribution in [3.8, 4) is 0 Å². The van der Waals surface area contributed by atoms with Crippen LogP contribution in [0.2, 0.25) is 0 Å². The van der Waals surface area contributed by atoms with Crippen molar-refractivity contribution in [2.45, 2.75) is 19.3 Å². The second kappa shape index (κ2) is 6.16. The number of nitrogens with one attached hydrogen (secondary N) is 1. The number of rotatable bonds is 4. The van der Waals surface area contributed by atoms with Gasteiger partial charge in [0, 0.05) is 25.2 Å². The molecule has 5 nitrogen and oxygen atoms in total. The summed E-state index contributed by atoms with van der Waals surface area (Å²) in [5.74, 6) is 0.0415. The van der Waals surface area contributed by atoms with Crippen LogP contribution in [0.1, 0.15) is 19.3 Å². The standard InChI is InChI=1S/C13H18N2O3S/c16-13(14-12-6-2-1-3-7-12)8-10-15-9-4-5-11-19(15,17)18/h1-3,6-7H,4-5,8-11H2,(H,14,16). The quantitative estimate of drug-likeness (QED) is 0.908. The first-order valence-corrected chi connectivity index (χ1v) is 8.01. The van der Waals surface area contributed by atoms with Crippen LogP contribution in [0.15, 0.2) is 30.3 Å². The van der Waals surface area contributed by atoms with E-state index in [1.54, 1.807) is 12.1 Å². The smallest absolute Gasteiger partial charge is 0.225 e. The molecule has 0 aromatic heterocycles. The zero-order valence-electron chi connectivity index (χ0n) is 10.7. The van der Waals surface area contributed by atoms with E-state index >= 15 is 0 Å². The highest BCUT2D eigenvalue weighted by molar-refractivity contribution is 7.89. The molecule has 1 aliphatic rings. The molecule has 1 aliphatic heterocycles. The lowest BCUT2D eigenvalue weighted by Gasteiger charge is -2.25.